The van der Waals surface area contributed by atoms with Crippen molar-refractivity contribution in [3.05, 3.63) is 41.7 Å². The SMILES string of the molecule is COCCCNc1nc(C)cn1-c1cc(F)cc(F)c1. The third-order valence-electron chi connectivity index (χ3n) is 2.76. The minimum Gasteiger partial charge on any atom is -0.385 e. The average molecular weight is 281 g/mol. The van der Waals surface area contributed by atoms with Crippen LogP contribution in [0.25, 0.3) is 5.69 Å². The summed E-state index contributed by atoms with van der Waals surface area (Å²) in [7, 11) is 1.64. The summed E-state index contributed by atoms with van der Waals surface area (Å²) < 4.78 is 33.2. The van der Waals surface area contributed by atoms with Gasteiger partial charge in [0, 0.05) is 32.5 Å². The first-order chi connectivity index (χ1) is 9.60. The molecule has 1 aromatic heterocycles. The minimum atomic E-state index is -0.614. The molecule has 0 unspecified atom stereocenters. The molecule has 20 heavy (non-hydrogen) atoms. The highest BCUT2D eigenvalue weighted by atomic mass is 19.1. The van der Waals surface area contributed by atoms with Gasteiger partial charge in [0.25, 0.3) is 0 Å². The Bertz CT molecular complexity index is 564. The zero-order chi connectivity index (χ0) is 14.5. The van der Waals surface area contributed by atoms with E-state index < -0.39 is 11.6 Å². The molecule has 0 amide bonds. The maximum Gasteiger partial charge on any atom is 0.207 e. The third kappa shape index (κ3) is 3.54. The number of benzene rings is 1. The van der Waals surface area contributed by atoms with Gasteiger partial charge < -0.3 is 10.1 Å². The molecule has 0 aliphatic carbocycles. The van der Waals surface area contributed by atoms with Crippen LogP contribution in [0.2, 0.25) is 0 Å². The van der Waals surface area contributed by atoms with Crippen LogP contribution in [-0.2, 0) is 4.74 Å². The maximum atomic E-state index is 13.3. The number of ether oxygens (including phenoxy) is 1. The van der Waals surface area contributed by atoms with Gasteiger partial charge in [-0.3, -0.25) is 4.57 Å². The van der Waals surface area contributed by atoms with Gasteiger partial charge in [0.15, 0.2) is 0 Å². The quantitative estimate of drug-likeness (QED) is 0.827. The predicted molar refractivity (Wildman–Crippen MR) is 73.2 cm³/mol. The molecule has 0 saturated heterocycles. The summed E-state index contributed by atoms with van der Waals surface area (Å²) >= 11 is 0. The molecule has 0 radical (unpaired) electrons. The van der Waals surface area contributed by atoms with Crippen LogP contribution in [0.5, 0.6) is 0 Å². The number of hydrogen-bond donors (Lipinski definition) is 1. The smallest absolute Gasteiger partial charge is 0.207 e. The van der Waals surface area contributed by atoms with E-state index in [1.54, 1.807) is 17.9 Å². The van der Waals surface area contributed by atoms with Crippen molar-refractivity contribution in [1.82, 2.24) is 9.55 Å². The highest BCUT2D eigenvalue weighted by Gasteiger charge is 2.09. The van der Waals surface area contributed by atoms with Gasteiger partial charge in [0.1, 0.15) is 11.6 Å². The van der Waals surface area contributed by atoms with Crippen LogP contribution in [0, 0.1) is 18.6 Å². The molecule has 4 nitrogen and oxygen atoms in total. The summed E-state index contributed by atoms with van der Waals surface area (Å²) in [6.07, 6.45) is 2.55. The lowest BCUT2D eigenvalue weighted by Gasteiger charge is -2.10. The molecule has 0 aliphatic heterocycles. The second kappa shape index (κ2) is 6.47. The summed E-state index contributed by atoms with van der Waals surface area (Å²) in [5, 5.41) is 3.13. The lowest BCUT2D eigenvalue weighted by molar-refractivity contribution is 0.197. The number of rotatable bonds is 6. The van der Waals surface area contributed by atoms with Crippen molar-refractivity contribution >= 4 is 5.95 Å². The van der Waals surface area contributed by atoms with Crippen molar-refractivity contribution in [1.29, 1.82) is 0 Å². The highest BCUT2D eigenvalue weighted by Crippen LogP contribution is 2.19. The molecular formula is C14H17F2N3O. The van der Waals surface area contributed by atoms with Gasteiger partial charge in [-0.25, -0.2) is 13.8 Å². The van der Waals surface area contributed by atoms with E-state index in [1.807, 2.05) is 6.92 Å². The van der Waals surface area contributed by atoms with Crippen LogP contribution in [-0.4, -0.2) is 29.8 Å². The fourth-order valence-corrected chi connectivity index (χ4v) is 1.91. The molecule has 1 heterocycles. The first kappa shape index (κ1) is 14.5. The molecule has 2 rings (SSSR count). The van der Waals surface area contributed by atoms with Gasteiger partial charge in [-0.15, -0.1) is 0 Å². The van der Waals surface area contributed by atoms with Gasteiger partial charge in [-0.05, 0) is 25.5 Å². The van der Waals surface area contributed by atoms with E-state index in [0.29, 0.717) is 24.8 Å². The molecule has 0 bridgehead atoms. The summed E-state index contributed by atoms with van der Waals surface area (Å²) in [5.74, 6) is -0.669. The predicted octanol–water partition coefficient (Wildman–Crippen LogP) is 2.91. The van der Waals surface area contributed by atoms with E-state index >= 15 is 0 Å². The lowest BCUT2D eigenvalue weighted by Crippen LogP contribution is -2.09. The summed E-state index contributed by atoms with van der Waals surface area (Å²) in [6.45, 7) is 3.13. The van der Waals surface area contributed by atoms with E-state index in [1.165, 1.54) is 12.1 Å². The fourth-order valence-electron chi connectivity index (χ4n) is 1.91. The number of anilines is 1. The van der Waals surface area contributed by atoms with Crippen molar-refractivity contribution in [2.24, 2.45) is 0 Å². The topological polar surface area (TPSA) is 39.1 Å². The van der Waals surface area contributed by atoms with E-state index in [9.17, 15) is 8.78 Å². The van der Waals surface area contributed by atoms with E-state index in [-0.39, 0.29) is 0 Å². The van der Waals surface area contributed by atoms with Crippen molar-refractivity contribution in [3.63, 3.8) is 0 Å². The molecule has 108 valence electrons. The number of aromatic nitrogens is 2. The number of aryl methyl sites for hydroxylation is 1. The van der Waals surface area contributed by atoms with E-state index in [0.717, 1.165) is 18.2 Å². The lowest BCUT2D eigenvalue weighted by atomic mass is 10.3. The molecular weight excluding hydrogens is 264 g/mol. The van der Waals surface area contributed by atoms with Gasteiger partial charge in [-0.1, -0.05) is 0 Å². The van der Waals surface area contributed by atoms with E-state index in [4.69, 9.17) is 4.74 Å². The Balaban J connectivity index is 2.22. The van der Waals surface area contributed by atoms with Crippen LogP contribution < -0.4 is 5.32 Å². The molecule has 0 atom stereocenters. The second-order valence-electron chi connectivity index (χ2n) is 4.48. The number of imidazole rings is 1. The fraction of sp³-hybridized carbons (Fsp3) is 0.357. The number of nitrogens with one attached hydrogen (secondary N) is 1. The van der Waals surface area contributed by atoms with Crippen molar-refractivity contribution in [2.75, 3.05) is 25.6 Å². The van der Waals surface area contributed by atoms with Gasteiger partial charge in [-0.2, -0.15) is 0 Å². The minimum absolute atomic E-state index is 0.400. The van der Waals surface area contributed by atoms with Gasteiger partial charge in [0.2, 0.25) is 5.95 Å². The normalized spacial score (nSPS) is 10.8. The first-order valence-electron chi connectivity index (χ1n) is 6.35. The molecule has 0 spiro atoms. The zero-order valence-electron chi connectivity index (χ0n) is 11.5. The largest absolute Gasteiger partial charge is 0.385 e. The second-order valence-corrected chi connectivity index (χ2v) is 4.48. The molecule has 0 fully saturated rings. The summed E-state index contributed by atoms with van der Waals surface area (Å²) in [5.41, 5.74) is 1.17. The Kier molecular flexibility index (Phi) is 4.68. The molecule has 0 saturated carbocycles. The number of methoxy groups -OCH3 is 1. The Morgan fingerprint density at radius 1 is 1.25 bits per heavy atom. The van der Waals surface area contributed by atoms with Gasteiger partial charge in [0.05, 0.1) is 11.4 Å². The maximum absolute atomic E-state index is 13.3. The van der Waals surface area contributed by atoms with Crippen molar-refractivity contribution in [3.8, 4) is 5.69 Å². The summed E-state index contributed by atoms with van der Waals surface area (Å²) in [6, 6.07) is 3.38. The van der Waals surface area contributed by atoms with Crippen LogP contribution in [0.1, 0.15) is 12.1 Å². The summed E-state index contributed by atoms with van der Waals surface area (Å²) in [4.78, 5) is 4.31. The van der Waals surface area contributed by atoms with Gasteiger partial charge >= 0.3 is 0 Å². The Morgan fingerprint density at radius 2 is 1.95 bits per heavy atom. The highest BCUT2D eigenvalue weighted by molar-refractivity contribution is 5.43. The number of nitrogens with zero attached hydrogens (tertiary/aromatic N) is 2. The Morgan fingerprint density at radius 3 is 2.60 bits per heavy atom. The van der Waals surface area contributed by atoms with Crippen LogP contribution in [0.4, 0.5) is 14.7 Å². The molecule has 1 aromatic carbocycles. The number of hydrogen-bond acceptors (Lipinski definition) is 3. The van der Waals surface area contributed by atoms with Crippen LogP contribution in [0.3, 0.4) is 0 Å². The van der Waals surface area contributed by atoms with Crippen LogP contribution >= 0.6 is 0 Å². The number of halogens is 2. The van der Waals surface area contributed by atoms with E-state index in [2.05, 4.69) is 10.3 Å². The first-order valence-corrected chi connectivity index (χ1v) is 6.35. The molecule has 6 heteroatoms. The zero-order valence-corrected chi connectivity index (χ0v) is 11.5. The van der Waals surface area contributed by atoms with Crippen molar-refractivity contribution in [2.45, 2.75) is 13.3 Å². The van der Waals surface area contributed by atoms with Crippen LogP contribution in [0.15, 0.2) is 24.4 Å². The Hall–Kier alpha value is -1.95. The monoisotopic (exact) mass is 281 g/mol. The molecule has 0 aliphatic rings. The molecule has 1 N–H and O–H groups in total. The average Bonchev–Trinajstić information content (AvgIpc) is 2.75. The Labute approximate surface area is 116 Å². The standard InChI is InChI=1S/C14H17F2N3O/c1-10-9-19(13-7-11(15)6-12(16)8-13)14(18-10)17-4-3-5-20-2/h6-9H,3-5H2,1-2H3,(H,17,18). The third-order valence-corrected chi connectivity index (χ3v) is 2.76. The van der Waals surface area contributed by atoms with Crippen molar-refractivity contribution < 1.29 is 13.5 Å². The molecule has 2 aromatic rings.